The van der Waals surface area contributed by atoms with Crippen molar-refractivity contribution in [1.29, 1.82) is 0 Å². The zero-order valence-corrected chi connectivity index (χ0v) is 18.7. The Morgan fingerprint density at radius 2 is 1.56 bits per heavy atom. The number of benzene rings is 3. The predicted molar refractivity (Wildman–Crippen MR) is 124 cm³/mol. The maximum absolute atomic E-state index is 13.8. The molecule has 34 heavy (non-hydrogen) atoms. The van der Waals surface area contributed by atoms with Crippen LogP contribution in [0.2, 0.25) is 0 Å². The first-order chi connectivity index (χ1) is 16.4. The van der Waals surface area contributed by atoms with Crippen LogP contribution in [0.4, 0.5) is 14.5 Å². The summed E-state index contributed by atoms with van der Waals surface area (Å²) in [4.78, 5) is 40.5. The second-order valence-electron chi connectivity index (χ2n) is 8.21. The summed E-state index contributed by atoms with van der Waals surface area (Å²) in [6, 6.07) is 18.0. The second kappa shape index (κ2) is 9.95. The Labute approximate surface area is 196 Å². The zero-order valence-electron chi connectivity index (χ0n) is 18.7. The van der Waals surface area contributed by atoms with Crippen molar-refractivity contribution in [3.63, 3.8) is 0 Å². The van der Waals surface area contributed by atoms with E-state index in [0.29, 0.717) is 23.2 Å². The fourth-order valence-electron chi connectivity index (χ4n) is 4.26. The number of carbonyl (C=O) groups is 3. The molecule has 1 atom stereocenters. The Bertz CT molecular complexity index is 1190. The lowest BCUT2D eigenvalue weighted by Crippen LogP contribution is -2.34. The van der Waals surface area contributed by atoms with Gasteiger partial charge in [0.15, 0.2) is 0 Å². The van der Waals surface area contributed by atoms with E-state index in [4.69, 9.17) is 0 Å². The van der Waals surface area contributed by atoms with E-state index < -0.39 is 5.82 Å². The standard InChI is InChI=1S/C27H24F2N2O3/c1-2-24(19-6-10-21(28)11-7-19)30(17-18-4-3-5-22(29)16-18)27(34)20-8-12-23(13-9-20)31-25(32)14-15-26(31)33/h3-13,16,24H,2,14-15,17H2,1H3/t24-/m1/s1. The Balaban J connectivity index is 1.67. The average Bonchev–Trinajstić information content (AvgIpc) is 3.17. The highest BCUT2D eigenvalue weighted by molar-refractivity contribution is 6.19. The lowest BCUT2D eigenvalue weighted by atomic mass is 10.00. The third kappa shape index (κ3) is 4.88. The van der Waals surface area contributed by atoms with Gasteiger partial charge in [-0.05, 0) is 66.1 Å². The average molecular weight is 462 g/mol. The summed E-state index contributed by atoms with van der Waals surface area (Å²) in [6.07, 6.45) is 0.912. The third-order valence-electron chi connectivity index (χ3n) is 5.94. The Kier molecular flexibility index (Phi) is 6.82. The Morgan fingerprint density at radius 1 is 0.912 bits per heavy atom. The van der Waals surface area contributed by atoms with Gasteiger partial charge in [-0.15, -0.1) is 0 Å². The van der Waals surface area contributed by atoms with Crippen molar-refractivity contribution in [1.82, 2.24) is 4.90 Å². The molecule has 0 spiro atoms. The third-order valence-corrected chi connectivity index (χ3v) is 5.94. The van der Waals surface area contributed by atoms with Gasteiger partial charge in [0.05, 0.1) is 11.7 Å². The molecule has 1 aliphatic rings. The van der Waals surface area contributed by atoms with Crippen LogP contribution < -0.4 is 4.90 Å². The summed E-state index contributed by atoms with van der Waals surface area (Å²) >= 11 is 0. The monoisotopic (exact) mass is 462 g/mol. The summed E-state index contributed by atoms with van der Waals surface area (Å²) in [5, 5.41) is 0. The van der Waals surface area contributed by atoms with E-state index in [0.717, 1.165) is 10.5 Å². The number of hydrogen-bond donors (Lipinski definition) is 0. The molecule has 0 radical (unpaired) electrons. The minimum absolute atomic E-state index is 0.150. The SMILES string of the molecule is CC[C@H](c1ccc(F)cc1)N(Cc1cccc(F)c1)C(=O)c1ccc(N2C(=O)CCC2=O)cc1. The fraction of sp³-hybridized carbons (Fsp3) is 0.222. The molecule has 3 aromatic carbocycles. The van der Waals surface area contributed by atoms with Crippen LogP contribution in [0.5, 0.6) is 0 Å². The maximum atomic E-state index is 13.8. The molecular weight excluding hydrogens is 438 g/mol. The normalized spacial score (nSPS) is 14.4. The van der Waals surface area contributed by atoms with Crippen molar-refractivity contribution in [3.05, 3.63) is 101 Å². The van der Waals surface area contributed by atoms with Gasteiger partial charge < -0.3 is 4.90 Å². The Hall–Kier alpha value is -3.87. The molecule has 0 unspecified atom stereocenters. The van der Waals surface area contributed by atoms with Crippen LogP contribution in [0.3, 0.4) is 0 Å². The van der Waals surface area contributed by atoms with Crippen LogP contribution in [0.15, 0.2) is 72.8 Å². The molecule has 174 valence electrons. The van der Waals surface area contributed by atoms with Crippen molar-refractivity contribution < 1.29 is 23.2 Å². The molecular formula is C27H24F2N2O3. The zero-order chi connectivity index (χ0) is 24.2. The van der Waals surface area contributed by atoms with E-state index in [9.17, 15) is 23.2 Å². The molecule has 3 amide bonds. The summed E-state index contributed by atoms with van der Waals surface area (Å²) < 4.78 is 27.4. The molecule has 4 rings (SSSR count). The highest BCUT2D eigenvalue weighted by atomic mass is 19.1. The molecule has 5 nitrogen and oxygen atoms in total. The van der Waals surface area contributed by atoms with E-state index in [2.05, 4.69) is 0 Å². The number of carbonyl (C=O) groups excluding carboxylic acids is 3. The Morgan fingerprint density at radius 3 is 2.15 bits per heavy atom. The molecule has 0 aliphatic carbocycles. The summed E-state index contributed by atoms with van der Waals surface area (Å²) in [5.74, 6) is -1.60. The summed E-state index contributed by atoms with van der Waals surface area (Å²) in [7, 11) is 0. The van der Waals surface area contributed by atoms with Crippen molar-refractivity contribution in [2.45, 2.75) is 38.8 Å². The first kappa shape index (κ1) is 23.3. The number of amides is 3. The highest BCUT2D eigenvalue weighted by Gasteiger charge is 2.31. The first-order valence-corrected chi connectivity index (χ1v) is 11.1. The molecule has 0 N–H and O–H groups in total. The first-order valence-electron chi connectivity index (χ1n) is 11.1. The fourth-order valence-corrected chi connectivity index (χ4v) is 4.26. The summed E-state index contributed by atoms with van der Waals surface area (Å²) in [5.41, 5.74) is 2.17. The van der Waals surface area contributed by atoms with Crippen molar-refractivity contribution in [2.24, 2.45) is 0 Å². The van der Waals surface area contributed by atoms with Gasteiger partial charge in [0.2, 0.25) is 11.8 Å². The van der Waals surface area contributed by atoms with E-state index in [1.54, 1.807) is 53.4 Å². The minimum Gasteiger partial charge on any atom is -0.327 e. The summed E-state index contributed by atoms with van der Waals surface area (Å²) in [6.45, 7) is 2.07. The number of rotatable bonds is 7. The molecule has 0 aromatic heterocycles. The lowest BCUT2D eigenvalue weighted by Gasteiger charge is -2.32. The van der Waals surface area contributed by atoms with Gasteiger partial charge in [0.25, 0.3) is 5.91 Å². The van der Waals surface area contributed by atoms with E-state index >= 15 is 0 Å². The predicted octanol–water partition coefficient (Wildman–Crippen LogP) is 5.41. The second-order valence-corrected chi connectivity index (χ2v) is 8.21. The number of anilines is 1. The van der Waals surface area contributed by atoms with Crippen molar-refractivity contribution >= 4 is 23.4 Å². The van der Waals surface area contributed by atoms with Crippen LogP contribution in [-0.2, 0) is 16.1 Å². The van der Waals surface area contributed by atoms with Crippen LogP contribution in [0.1, 0.15) is 53.7 Å². The van der Waals surface area contributed by atoms with Gasteiger partial charge in [-0.25, -0.2) is 8.78 Å². The lowest BCUT2D eigenvalue weighted by molar-refractivity contribution is -0.121. The molecule has 1 saturated heterocycles. The molecule has 0 saturated carbocycles. The minimum atomic E-state index is -0.399. The van der Waals surface area contributed by atoms with Gasteiger partial charge in [0, 0.05) is 24.9 Å². The van der Waals surface area contributed by atoms with E-state index in [1.807, 2.05) is 6.92 Å². The topological polar surface area (TPSA) is 57.7 Å². The van der Waals surface area contributed by atoms with E-state index in [1.165, 1.54) is 24.3 Å². The number of imide groups is 1. The van der Waals surface area contributed by atoms with Crippen molar-refractivity contribution in [2.75, 3.05) is 4.90 Å². The van der Waals surface area contributed by atoms with Gasteiger partial charge in [-0.2, -0.15) is 0 Å². The molecule has 0 bridgehead atoms. The molecule has 7 heteroatoms. The van der Waals surface area contributed by atoms with Crippen LogP contribution in [0.25, 0.3) is 0 Å². The van der Waals surface area contributed by atoms with Gasteiger partial charge >= 0.3 is 0 Å². The van der Waals surface area contributed by atoms with Crippen LogP contribution in [-0.4, -0.2) is 22.6 Å². The van der Waals surface area contributed by atoms with Gasteiger partial charge in [-0.3, -0.25) is 19.3 Å². The quantitative estimate of drug-likeness (QED) is 0.441. The maximum Gasteiger partial charge on any atom is 0.254 e. The van der Waals surface area contributed by atoms with Crippen molar-refractivity contribution in [3.8, 4) is 0 Å². The van der Waals surface area contributed by atoms with Gasteiger partial charge in [0.1, 0.15) is 11.6 Å². The number of hydrogen-bond acceptors (Lipinski definition) is 3. The molecule has 1 aliphatic heterocycles. The molecule has 3 aromatic rings. The largest absolute Gasteiger partial charge is 0.327 e. The van der Waals surface area contributed by atoms with E-state index in [-0.39, 0.29) is 49.0 Å². The van der Waals surface area contributed by atoms with Crippen LogP contribution >= 0.6 is 0 Å². The van der Waals surface area contributed by atoms with Crippen LogP contribution in [0, 0.1) is 11.6 Å². The molecule has 1 heterocycles. The molecule has 1 fully saturated rings. The smallest absolute Gasteiger partial charge is 0.254 e. The highest BCUT2D eigenvalue weighted by Crippen LogP contribution is 2.29. The van der Waals surface area contributed by atoms with Gasteiger partial charge in [-0.1, -0.05) is 31.2 Å². The number of nitrogens with zero attached hydrogens (tertiary/aromatic N) is 2. The number of halogens is 2.